The van der Waals surface area contributed by atoms with Gasteiger partial charge in [0.1, 0.15) is 0 Å². The van der Waals surface area contributed by atoms with E-state index >= 15 is 0 Å². The van der Waals surface area contributed by atoms with Crippen molar-refractivity contribution in [3.05, 3.63) is 41.5 Å². The summed E-state index contributed by atoms with van der Waals surface area (Å²) in [5.74, 6) is 0.131. The second kappa shape index (κ2) is 6.24. The number of hydrogen-bond acceptors (Lipinski definition) is 2. The van der Waals surface area contributed by atoms with Crippen molar-refractivity contribution in [1.82, 2.24) is 0 Å². The van der Waals surface area contributed by atoms with Crippen LogP contribution in [-0.4, -0.2) is 16.4 Å². The lowest BCUT2D eigenvalue weighted by molar-refractivity contribution is 0.318. The highest BCUT2D eigenvalue weighted by atomic mass is 79.9. The molecular formula is C11H13BrN2O. The summed E-state index contributed by atoms with van der Waals surface area (Å²) in [5, 5.41) is 12.4. The molecule has 1 aromatic carbocycles. The molecule has 0 amide bonds. The summed E-state index contributed by atoms with van der Waals surface area (Å²) >= 11 is 3.35. The first-order valence-electron chi connectivity index (χ1n) is 4.58. The van der Waals surface area contributed by atoms with E-state index in [1.54, 1.807) is 0 Å². The lowest BCUT2D eigenvalue weighted by Crippen LogP contribution is -2.12. The zero-order chi connectivity index (χ0) is 11.1. The molecule has 3 nitrogen and oxygen atoms in total. The molecule has 0 aliphatic rings. The summed E-state index contributed by atoms with van der Waals surface area (Å²) in [5.41, 5.74) is 7.26. The number of allylic oxidation sites excluding steroid dienone is 1. The Balaban J connectivity index is 2.72. The Bertz CT molecular complexity index is 357. The zero-order valence-electron chi connectivity index (χ0n) is 8.23. The van der Waals surface area contributed by atoms with Crippen molar-refractivity contribution in [2.24, 2.45) is 10.9 Å². The molecule has 0 aromatic heterocycles. The van der Waals surface area contributed by atoms with Crippen molar-refractivity contribution in [3.8, 4) is 0 Å². The average Bonchev–Trinajstić information content (AvgIpc) is 2.29. The summed E-state index contributed by atoms with van der Waals surface area (Å²) < 4.78 is 0. The van der Waals surface area contributed by atoms with Gasteiger partial charge in [-0.2, -0.15) is 0 Å². The summed E-state index contributed by atoms with van der Waals surface area (Å²) in [6, 6.07) is 7.50. The Hall–Kier alpha value is -1.29. The molecule has 1 rings (SSSR count). The molecule has 0 aliphatic heterocycles. The molecule has 0 atom stereocenters. The van der Waals surface area contributed by atoms with Crippen LogP contribution < -0.4 is 5.73 Å². The number of alkyl halides is 1. The highest BCUT2D eigenvalue weighted by Gasteiger charge is 1.96. The summed E-state index contributed by atoms with van der Waals surface area (Å²) in [4.78, 5) is 0. The number of oxime groups is 1. The normalized spacial score (nSPS) is 12.2. The van der Waals surface area contributed by atoms with Gasteiger partial charge in [-0.25, -0.2) is 0 Å². The number of nitrogens with zero attached hydrogens (tertiary/aromatic N) is 1. The van der Waals surface area contributed by atoms with Crippen molar-refractivity contribution in [2.75, 3.05) is 5.33 Å². The molecule has 0 saturated heterocycles. The van der Waals surface area contributed by atoms with Gasteiger partial charge < -0.3 is 10.9 Å². The number of benzene rings is 1. The van der Waals surface area contributed by atoms with Gasteiger partial charge in [-0.05, 0) is 12.0 Å². The number of amidine groups is 1. The average molecular weight is 269 g/mol. The fourth-order valence-electron chi connectivity index (χ4n) is 1.11. The van der Waals surface area contributed by atoms with Gasteiger partial charge in [0, 0.05) is 10.9 Å². The standard InChI is InChI=1S/C11H13BrN2O/c12-8-2-1-3-9-4-6-10(7-5-9)11(13)14-15/h1,3-7,15H,2,8H2,(H2,13,14). The zero-order valence-corrected chi connectivity index (χ0v) is 9.81. The Morgan fingerprint density at radius 1 is 1.40 bits per heavy atom. The molecule has 0 saturated carbocycles. The van der Waals surface area contributed by atoms with E-state index in [2.05, 4.69) is 27.2 Å². The second-order valence-electron chi connectivity index (χ2n) is 2.99. The Labute approximate surface area is 97.4 Å². The third-order valence-electron chi connectivity index (χ3n) is 1.90. The van der Waals surface area contributed by atoms with Gasteiger partial charge in [0.25, 0.3) is 0 Å². The molecule has 0 fully saturated rings. The molecule has 15 heavy (non-hydrogen) atoms. The van der Waals surface area contributed by atoms with Crippen LogP contribution in [0.25, 0.3) is 6.08 Å². The van der Waals surface area contributed by atoms with Gasteiger partial charge in [-0.1, -0.05) is 57.5 Å². The van der Waals surface area contributed by atoms with E-state index in [4.69, 9.17) is 10.9 Å². The van der Waals surface area contributed by atoms with Gasteiger partial charge in [0.05, 0.1) is 0 Å². The minimum absolute atomic E-state index is 0.131. The number of nitrogens with two attached hydrogens (primary N) is 1. The smallest absolute Gasteiger partial charge is 0.170 e. The molecule has 3 N–H and O–H groups in total. The largest absolute Gasteiger partial charge is 0.409 e. The topological polar surface area (TPSA) is 58.6 Å². The highest BCUT2D eigenvalue weighted by molar-refractivity contribution is 9.09. The van der Waals surface area contributed by atoms with E-state index in [0.29, 0.717) is 0 Å². The fourth-order valence-corrected chi connectivity index (χ4v) is 1.37. The number of halogens is 1. The van der Waals surface area contributed by atoms with Crippen molar-refractivity contribution < 1.29 is 5.21 Å². The maximum absolute atomic E-state index is 8.47. The van der Waals surface area contributed by atoms with Crippen LogP contribution in [0.5, 0.6) is 0 Å². The van der Waals surface area contributed by atoms with Crippen LogP contribution in [0.2, 0.25) is 0 Å². The molecule has 0 aliphatic carbocycles. The van der Waals surface area contributed by atoms with E-state index in [9.17, 15) is 0 Å². The van der Waals surface area contributed by atoms with Crippen molar-refractivity contribution >= 4 is 27.8 Å². The minimum atomic E-state index is 0.131. The minimum Gasteiger partial charge on any atom is -0.409 e. The van der Waals surface area contributed by atoms with Gasteiger partial charge in [-0.15, -0.1) is 0 Å². The predicted molar refractivity (Wildman–Crippen MR) is 66.4 cm³/mol. The predicted octanol–water partition coefficient (Wildman–Crippen LogP) is 2.58. The molecular weight excluding hydrogens is 256 g/mol. The Kier molecular flexibility index (Phi) is 4.90. The highest BCUT2D eigenvalue weighted by Crippen LogP contribution is 2.06. The van der Waals surface area contributed by atoms with Gasteiger partial charge >= 0.3 is 0 Å². The monoisotopic (exact) mass is 268 g/mol. The van der Waals surface area contributed by atoms with Crippen LogP contribution in [0, 0.1) is 0 Å². The molecule has 1 aromatic rings. The van der Waals surface area contributed by atoms with Crippen LogP contribution in [0.15, 0.2) is 35.5 Å². The lowest BCUT2D eigenvalue weighted by atomic mass is 10.1. The summed E-state index contributed by atoms with van der Waals surface area (Å²) in [7, 11) is 0. The third-order valence-corrected chi connectivity index (χ3v) is 2.36. The van der Waals surface area contributed by atoms with Gasteiger partial charge in [-0.3, -0.25) is 0 Å². The van der Waals surface area contributed by atoms with Crippen LogP contribution in [0.1, 0.15) is 17.5 Å². The van der Waals surface area contributed by atoms with Crippen LogP contribution in [0.4, 0.5) is 0 Å². The third kappa shape index (κ3) is 3.75. The van der Waals surface area contributed by atoms with Crippen LogP contribution in [-0.2, 0) is 0 Å². The quantitative estimate of drug-likeness (QED) is 0.290. The molecule has 0 heterocycles. The first-order chi connectivity index (χ1) is 7.27. The second-order valence-corrected chi connectivity index (χ2v) is 3.78. The molecule has 0 spiro atoms. The fraction of sp³-hybridized carbons (Fsp3) is 0.182. The maximum atomic E-state index is 8.47. The van der Waals surface area contributed by atoms with Crippen molar-refractivity contribution in [2.45, 2.75) is 6.42 Å². The van der Waals surface area contributed by atoms with E-state index in [1.807, 2.05) is 30.3 Å². The van der Waals surface area contributed by atoms with Crippen LogP contribution in [0.3, 0.4) is 0 Å². The first kappa shape index (κ1) is 11.8. The molecule has 80 valence electrons. The maximum Gasteiger partial charge on any atom is 0.170 e. The number of hydrogen-bond donors (Lipinski definition) is 2. The van der Waals surface area contributed by atoms with Gasteiger partial charge in [0.2, 0.25) is 0 Å². The first-order valence-corrected chi connectivity index (χ1v) is 5.70. The van der Waals surface area contributed by atoms with E-state index < -0.39 is 0 Å². The van der Waals surface area contributed by atoms with Crippen molar-refractivity contribution in [3.63, 3.8) is 0 Å². The molecule has 0 bridgehead atoms. The summed E-state index contributed by atoms with van der Waals surface area (Å²) in [6.45, 7) is 0. The summed E-state index contributed by atoms with van der Waals surface area (Å²) in [6.07, 6.45) is 5.13. The Morgan fingerprint density at radius 2 is 2.07 bits per heavy atom. The van der Waals surface area contributed by atoms with E-state index in [-0.39, 0.29) is 5.84 Å². The van der Waals surface area contributed by atoms with E-state index in [0.717, 1.165) is 22.9 Å². The molecule has 0 radical (unpaired) electrons. The lowest BCUT2D eigenvalue weighted by Gasteiger charge is -1.98. The van der Waals surface area contributed by atoms with Crippen LogP contribution >= 0.6 is 15.9 Å². The van der Waals surface area contributed by atoms with E-state index in [1.165, 1.54) is 0 Å². The number of rotatable bonds is 4. The molecule has 0 unspecified atom stereocenters. The Morgan fingerprint density at radius 3 is 2.60 bits per heavy atom. The van der Waals surface area contributed by atoms with Crippen molar-refractivity contribution in [1.29, 1.82) is 0 Å². The molecule has 4 heteroatoms. The SMILES string of the molecule is NC(=NO)c1ccc(C=CCCBr)cc1. The van der Waals surface area contributed by atoms with Gasteiger partial charge in [0.15, 0.2) is 5.84 Å².